The Morgan fingerprint density at radius 1 is 1.07 bits per heavy atom. The Bertz CT molecular complexity index is 1120. The molecule has 1 aromatic heterocycles. The number of fused-ring (bicyclic) bond motifs is 2. The highest BCUT2D eigenvalue weighted by atomic mass is 32.2. The fourth-order valence-electron chi connectivity index (χ4n) is 3.31. The summed E-state index contributed by atoms with van der Waals surface area (Å²) < 4.78 is 35.3. The number of aromatic nitrogens is 1. The van der Waals surface area contributed by atoms with Crippen molar-refractivity contribution in [3.05, 3.63) is 41.5 Å². The number of nitrogens with zero attached hydrogens (tertiary/aromatic N) is 2. The van der Waals surface area contributed by atoms with Crippen molar-refractivity contribution in [3.8, 4) is 11.5 Å². The quantitative estimate of drug-likeness (QED) is 0.665. The molecule has 0 N–H and O–H groups in total. The minimum atomic E-state index is -3.22. The van der Waals surface area contributed by atoms with Gasteiger partial charge in [0.15, 0.2) is 26.5 Å². The van der Waals surface area contributed by atoms with Gasteiger partial charge >= 0.3 is 0 Å². The SMILES string of the molecule is COc1cc2c(cc1OC)CN(c1nc3ccc(S(C)(=O)=O)cc3s1)CC2. The number of benzene rings is 2. The van der Waals surface area contributed by atoms with Crippen molar-refractivity contribution < 1.29 is 17.9 Å². The molecule has 1 aliphatic heterocycles. The number of sulfone groups is 1. The zero-order valence-corrected chi connectivity index (χ0v) is 17.0. The monoisotopic (exact) mass is 404 g/mol. The average molecular weight is 405 g/mol. The predicted molar refractivity (Wildman–Crippen MR) is 107 cm³/mol. The van der Waals surface area contributed by atoms with Gasteiger partial charge in [-0.15, -0.1) is 0 Å². The van der Waals surface area contributed by atoms with E-state index in [-0.39, 0.29) is 0 Å². The van der Waals surface area contributed by atoms with Gasteiger partial charge in [0, 0.05) is 19.3 Å². The fraction of sp³-hybridized carbons (Fsp3) is 0.316. The van der Waals surface area contributed by atoms with Crippen LogP contribution >= 0.6 is 11.3 Å². The molecular weight excluding hydrogens is 384 g/mol. The predicted octanol–water partition coefficient (Wildman–Crippen LogP) is 3.28. The van der Waals surface area contributed by atoms with Crippen LogP contribution in [0.15, 0.2) is 35.2 Å². The molecule has 2 heterocycles. The minimum absolute atomic E-state index is 0.325. The Morgan fingerprint density at radius 2 is 1.78 bits per heavy atom. The lowest BCUT2D eigenvalue weighted by Gasteiger charge is -2.29. The van der Waals surface area contributed by atoms with Crippen LogP contribution in [-0.4, -0.2) is 40.4 Å². The smallest absolute Gasteiger partial charge is 0.186 e. The molecule has 0 atom stereocenters. The molecule has 0 aliphatic carbocycles. The largest absolute Gasteiger partial charge is 0.493 e. The highest BCUT2D eigenvalue weighted by molar-refractivity contribution is 7.90. The van der Waals surface area contributed by atoms with Crippen LogP contribution in [0.2, 0.25) is 0 Å². The maximum absolute atomic E-state index is 11.8. The van der Waals surface area contributed by atoms with Crippen molar-refractivity contribution in [2.75, 3.05) is 31.9 Å². The number of hydrogen-bond donors (Lipinski definition) is 0. The standard InChI is InChI=1S/C19H20N2O4S2/c1-24-16-8-12-6-7-21(11-13(12)9-17(16)25-2)19-20-15-5-4-14(27(3,22)23)10-18(15)26-19/h4-5,8-10H,6-7,11H2,1-3H3. The summed E-state index contributed by atoms with van der Waals surface area (Å²) >= 11 is 1.52. The maximum Gasteiger partial charge on any atom is 0.186 e. The van der Waals surface area contributed by atoms with Crippen LogP contribution in [0.3, 0.4) is 0 Å². The summed E-state index contributed by atoms with van der Waals surface area (Å²) in [6.45, 7) is 1.58. The van der Waals surface area contributed by atoms with Gasteiger partial charge in [0.25, 0.3) is 0 Å². The van der Waals surface area contributed by atoms with Crippen molar-refractivity contribution in [1.29, 1.82) is 0 Å². The summed E-state index contributed by atoms with van der Waals surface area (Å²) in [4.78, 5) is 7.25. The number of methoxy groups -OCH3 is 2. The van der Waals surface area contributed by atoms with Crippen LogP contribution in [0.5, 0.6) is 11.5 Å². The zero-order chi connectivity index (χ0) is 19.2. The second kappa shape index (κ2) is 6.69. The molecule has 6 nitrogen and oxygen atoms in total. The molecule has 0 unspecified atom stereocenters. The number of ether oxygens (including phenoxy) is 2. The second-order valence-electron chi connectivity index (χ2n) is 6.55. The van der Waals surface area contributed by atoms with E-state index in [4.69, 9.17) is 14.5 Å². The first-order valence-electron chi connectivity index (χ1n) is 8.48. The van der Waals surface area contributed by atoms with Gasteiger partial charge < -0.3 is 14.4 Å². The van der Waals surface area contributed by atoms with Gasteiger partial charge in [-0.25, -0.2) is 13.4 Å². The molecule has 3 aromatic rings. The van der Waals surface area contributed by atoms with Crippen LogP contribution < -0.4 is 14.4 Å². The Kier molecular flexibility index (Phi) is 4.47. The molecule has 0 saturated heterocycles. The van der Waals surface area contributed by atoms with Gasteiger partial charge in [0.1, 0.15) is 0 Å². The molecule has 0 saturated carbocycles. The molecular formula is C19H20N2O4S2. The van der Waals surface area contributed by atoms with E-state index < -0.39 is 9.84 Å². The summed E-state index contributed by atoms with van der Waals surface area (Å²) in [5.41, 5.74) is 3.26. The zero-order valence-electron chi connectivity index (χ0n) is 15.4. The molecule has 4 rings (SSSR count). The van der Waals surface area contributed by atoms with E-state index >= 15 is 0 Å². The van der Waals surface area contributed by atoms with E-state index in [0.717, 1.165) is 46.4 Å². The molecule has 27 heavy (non-hydrogen) atoms. The van der Waals surface area contributed by atoms with Crippen molar-refractivity contribution in [2.24, 2.45) is 0 Å². The van der Waals surface area contributed by atoms with Crippen LogP contribution in [0, 0.1) is 0 Å². The van der Waals surface area contributed by atoms with Gasteiger partial charge in [-0.1, -0.05) is 11.3 Å². The van der Waals surface area contributed by atoms with E-state index in [1.165, 1.54) is 28.7 Å². The van der Waals surface area contributed by atoms with E-state index in [9.17, 15) is 8.42 Å². The molecule has 0 amide bonds. The first kappa shape index (κ1) is 18.1. The lowest BCUT2D eigenvalue weighted by Crippen LogP contribution is -2.30. The van der Waals surface area contributed by atoms with Crippen molar-refractivity contribution >= 4 is 36.5 Å². The van der Waals surface area contributed by atoms with Gasteiger partial charge in [0.05, 0.1) is 29.3 Å². The molecule has 0 bridgehead atoms. The van der Waals surface area contributed by atoms with E-state index in [1.54, 1.807) is 32.4 Å². The molecule has 1 aliphatic rings. The van der Waals surface area contributed by atoms with Crippen molar-refractivity contribution in [3.63, 3.8) is 0 Å². The molecule has 142 valence electrons. The first-order valence-corrected chi connectivity index (χ1v) is 11.2. The van der Waals surface area contributed by atoms with Crippen molar-refractivity contribution in [2.45, 2.75) is 17.9 Å². The highest BCUT2D eigenvalue weighted by Gasteiger charge is 2.22. The third-order valence-electron chi connectivity index (χ3n) is 4.77. The number of hydrogen-bond acceptors (Lipinski definition) is 7. The normalized spacial score (nSPS) is 14.3. The second-order valence-corrected chi connectivity index (χ2v) is 9.57. The third-order valence-corrected chi connectivity index (χ3v) is 6.95. The van der Waals surface area contributed by atoms with Crippen LogP contribution in [-0.2, 0) is 22.8 Å². The van der Waals surface area contributed by atoms with E-state index in [0.29, 0.717) is 4.90 Å². The molecule has 2 aromatic carbocycles. The Morgan fingerprint density at radius 3 is 2.44 bits per heavy atom. The summed E-state index contributed by atoms with van der Waals surface area (Å²) in [7, 11) is 0.0561. The van der Waals surface area contributed by atoms with Crippen LogP contribution in [0.4, 0.5) is 5.13 Å². The topological polar surface area (TPSA) is 68.7 Å². The summed E-state index contributed by atoms with van der Waals surface area (Å²) in [6.07, 6.45) is 2.11. The summed E-state index contributed by atoms with van der Waals surface area (Å²) in [6, 6.07) is 9.16. The minimum Gasteiger partial charge on any atom is -0.493 e. The van der Waals surface area contributed by atoms with Crippen LogP contribution in [0.25, 0.3) is 10.2 Å². The third kappa shape index (κ3) is 3.35. The number of thiazole rings is 1. The first-order chi connectivity index (χ1) is 12.9. The number of anilines is 1. The molecule has 0 spiro atoms. The van der Waals surface area contributed by atoms with Gasteiger partial charge in [0.2, 0.25) is 0 Å². The highest BCUT2D eigenvalue weighted by Crippen LogP contribution is 2.36. The lowest BCUT2D eigenvalue weighted by molar-refractivity contribution is 0.353. The molecule has 8 heteroatoms. The average Bonchev–Trinajstić information content (AvgIpc) is 3.09. The van der Waals surface area contributed by atoms with Gasteiger partial charge in [-0.2, -0.15) is 0 Å². The summed E-state index contributed by atoms with van der Waals surface area (Å²) in [5, 5.41) is 0.899. The molecule has 0 radical (unpaired) electrons. The van der Waals surface area contributed by atoms with E-state index in [2.05, 4.69) is 4.90 Å². The van der Waals surface area contributed by atoms with E-state index in [1.807, 2.05) is 12.1 Å². The van der Waals surface area contributed by atoms with Gasteiger partial charge in [-0.3, -0.25) is 0 Å². The lowest BCUT2D eigenvalue weighted by atomic mass is 9.99. The van der Waals surface area contributed by atoms with Gasteiger partial charge in [-0.05, 0) is 47.9 Å². The Balaban J connectivity index is 1.67. The maximum atomic E-state index is 11.8. The van der Waals surface area contributed by atoms with Crippen LogP contribution in [0.1, 0.15) is 11.1 Å². The Labute approximate surface area is 162 Å². The number of rotatable bonds is 4. The molecule has 0 fully saturated rings. The fourth-order valence-corrected chi connectivity index (χ4v) is 5.06. The van der Waals surface area contributed by atoms with Crippen molar-refractivity contribution in [1.82, 2.24) is 4.98 Å². The summed E-state index contributed by atoms with van der Waals surface area (Å²) in [5.74, 6) is 1.47. The Hall–Kier alpha value is -2.32.